The Morgan fingerprint density at radius 3 is 2.50 bits per heavy atom. The molecule has 126 valence electrons. The van der Waals surface area contributed by atoms with Gasteiger partial charge in [-0.05, 0) is 12.1 Å². The second kappa shape index (κ2) is 9.60. The molecule has 0 heterocycles. The van der Waals surface area contributed by atoms with Crippen LogP contribution < -0.4 is 10.6 Å². The molecule has 0 radical (unpaired) electrons. The van der Waals surface area contributed by atoms with Gasteiger partial charge in [-0.25, -0.2) is 4.39 Å². The molecule has 0 aliphatic carbocycles. The summed E-state index contributed by atoms with van der Waals surface area (Å²) in [5.41, 5.74) is -2.07. The fourth-order valence-corrected chi connectivity index (χ4v) is 1.59. The highest BCUT2D eigenvalue weighted by molar-refractivity contribution is 5.94. The fourth-order valence-electron chi connectivity index (χ4n) is 1.59. The number of halogens is 5. The zero-order valence-electron chi connectivity index (χ0n) is 11.8. The Morgan fingerprint density at radius 2 is 1.91 bits per heavy atom. The molecule has 0 aliphatic rings. The molecule has 0 saturated heterocycles. The summed E-state index contributed by atoms with van der Waals surface area (Å²) in [7, 11) is 1.54. The number of nitrogens with one attached hydrogen (secondary N) is 2. The van der Waals surface area contributed by atoms with Crippen molar-refractivity contribution in [3.63, 3.8) is 0 Å². The lowest BCUT2D eigenvalue weighted by molar-refractivity contribution is -0.140. The van der Waals surface area contributed by atoms with Gasteiger partial charge in [0.25, 0.3) is 5.91 Å². The van der Waals surface area contributed by atoms with Gasteiger partial charge in [0.1, 0.15) is 5.82 Å². The molecule has 0 unspecified atom stereocenters. The second-order valence-corrected chi connectivity index (χ2v) is 4.16. The van der Waals surface area contributed by atoms with Gasteiger partial charge in [0, 0.05) is 26.7 Å². The number of hydrogen-bond donors (Lipinski definition) is 2. The molecule has 0 atom stereocenters. The number of benzene rings is 1. The maximum Gasteiger partial charge on any atom is 0.419 e. The van der Waals surface area contributed by atoms with E-state index in [0.29, 0.717) is 25.8 Å². The summed E-state index contributed by atoms with van der Waals surface area (Å²) in [4.78, 5) is 11.7. The average Bonchev–Trinajstić information content (AvgIpc) is 2.41. The largest absolute Gasteiger partial charge is 0.419 e. The van der Waals surface area contributed by atoms with Gasteiger partial charge in [0.2, 0.25) is 0 Å². The summed E-state index contributed by atoms with van der Waals surface area (Å²) in [6, 6.07) is 2.61. The minimum Gasteiger partial charge on any atom is -0.383 e. The Hall–Kier alpha value is -1.38. The Labute approximate surface area is 131 Å². The van der Waals surface area contributed by atoms with Gasteiger partial charge in [-0.1, -0.05) is 6.07 Å². The molecule has 0 aliphatic heterocycles. The monoisotopic (exact) mass is 344 g/mol. The summed E-state index contributed by atoms with van der Waals surface area (Å²) in [5.74, 6) is -2.44. The summed E-state index contributed by atoms with van der Waals surface area (Å²) >= 11 is 0. The van der Waals surface area contributed by atoms with E-state index >= 15 is 0 Å². The topological polar surface area (TPSA) is 50.4 Å². The van der Waals surface area contributed by atoms with Crippen LogP contribution in [0.25, 0.3) is 0 Å². The zero-order valence-corrected chi connectivity index (χ0v) is 12.6. The SMILES string of the molecule is COCCNCCNC(=O)c1cccc(C(F)(F)F)c1F.Cl. The predicted octanol–water partition coefficient (Wildman–Crippen LogP) is 2.23. The van der Waals surface area contributed by atoms with E-state index in [1.54, 1.807) is 7.11 Å². The number of carbonyl (C=O) groups is 1. The van der Waals surface area contributed by atoms with Crippen LogP contribution in [0.4, 0.5) is 17.6 Å². The molecule has 0 spiro atoms. The van der Waals surface area contributed by atoms with E-state index in [-0.39, 0.29) is 19.0 Å². The molecule has 1 amide bonds. The lowest BCUT2D eigenvalue weighted by Crippen LogP contribution is -2.33. The van der Waals surface area contributed by atoms with Crippen molar-refractivity contribution in [3.05, 3.63) is 35.1 Å². The molecule has 1 aromatic rings. The number of amides is 1. The average molecular weight is 345 g/mol. The molecular formula is C13H17ClF4N2O2. The van der Waals surface area contributed by atoms with Crippen molar-refractivity contribution >= 4 is 18.3 Å². The smallest absolute Gasteiger partial charge is 0.383 e. The van der Waals surface area contributed by atoms with Crippen molar-refractivity contribution in [1.82, 2.24) is 10.6 Å². The second-order valence-electron chi connectivity index (χ2n) is 4.16. The zero-order chi connectivity index (χ0) is 15.9. The van der Waals surface area contributed by atoms with Gasteiger partial charge in [-0.3, -0.25) is 4.79 Å². The third kappa shape index (κ3) is 6.17. The number of alkyl halides is 3. The van der Waals surface area contributed by atoms with Gasteiger partial charge in [0.05, 0.1) is 17.7 Å². The van der Waals surface area contributed by atoms with Gasteiger partial charge in [-0.15, -0.1) is 12.4 Å². The van der Waals surface area contributed by atoms with Crippen LogP contribution in [0.3, 0.4) is 0 Å². The first kappa shape index (κ1) is 20.6. The van der Waals surface area contributed by atoms with E-state index in [0.717, 1.165) is 12.1 Å². The van der Waals surface area contributed by atoms with Crippen LogP contribution in [0.2, 0.25) is 0 Å². The maximum atomic E-state index is 13.7. The molecule has 9 heteroatoms. The minimum atomic E-state index is -4.83. The van der Waals surface area contributed by atoms with E-state index in [1.807, 2.05) is 0 Å². The highest BCUT2D eigenvalue weighted by Crippen LogP contribution is 2.32. The Kier molecular flexibility index (Phi) is 9.00. The van der Waals surface area contributed by atoms with Crippen LogP contribution in [0.15, 0.2) is 18.2 Å². The van der Waals surface area contributed by atoms with Gasteiger partial charge in [0.15, 0.2) is 0 Å². The molecule has 0 saturated carbocycles. The molecule has 0 fully saturated rings. The highest BCUT2D eigenvalue weighted by atomic mass is 35.5. The molecule has 0 aromatic heterocycles. The summed E-state index contributed by atoms with van der Waals surface area (Å²) in [6.07, 6.45) is -4.83. The Balaban J connectivity index is 0.00000441. The standard InChI is InChI=1S/C13H16F4N2O2.ClH/c1-21-8-7-18-5-6-19-12(20)9-3-2-4-10(11(9)14)13(15,16)17;/h2-4,18H,5-8H2,1H3,(H,19,20);1H. The number of rotatable bonds is 7. The van der Waals surface area contributed by atoms with Crippen LogP contribution in [-0.2, 0) is 10.9 Å². The molecule has 1 rings (SSSR count). The minimum absolute atomic E-state index is 0. The lowest BCUT2D eigenvalue weighted by Gasteiger charge is -2.11. The number of methoxy groups -OCH3 is 1. The van der Waals surface area contributed by atoms with Crippen LogP contribution in [0.5, 0.6) is 0 Å². The van der Waals surface area contributed by atoms with E-state index < -0.39 is 29.0 Å². The lowest BCUT2D eigenvalue weighted by atomic mass is 10.1. The summed E-state index contributed by atoms with van der Waals surface area (Å²) in [6.45, 7) is 1.63. The fraction of sp³-hybridized carbons (Fsp3) is 0.462. The summed E-state index contributed by atoms with van der Waals surface area (Å²) < 4.78 is 56.0. The highest BCUT2D eigenvalue weighted by Gasteiger charge is 2.35. The van der Waals surface area contributed by atoms with Crippen molar-refractivity contribution in [3.8, 4) is 0 Å². The third-order valence-electron chi connectivity index (χ3n) is 2.62. The van der Waals surface area contributed by atoms with Crippen LogP contribution in [0, 0.1) is 5.82 Å². The Bertz CT molecular complexity index is 484. The van der Waals surface area contributed by atoms with E-state index in [9.17, 15) is 22.4 Å². The molecule has 1 aromatic carbocycles. The summed E-state index contributed by atoms with van der Waals surface area (Å²) in [5, 5.41) is 5.28. The van der Waals surface area contributed by atoms with Crippen molar-refractivity contribution in [1.29, 1.82) is 0 Å². The van der Waals surface area contributed by atoms with Gasteiger partial charge >= 0.3 is 6.18 Å². The maximum absolute atomic E-state index is 13.7. The molecule has 22 heavy (non-hydrogen) atoms. The normalized spacial score (nSPS) is 11.0. The van der Waals surface area contributed by atoms with E-state index in [4.69, 9.17) is 4.74 Å². The number of hydrogen-bond acceptors (Lipinski definition) is 3. The number of ether oxygens (including phenoxy) is 1. The first-order valence-corrected chi connectivity index (χ1v) is 6.21. The van der Waals surface area contributed by atoms with Crippen molar-refractivity contribution < 1.29 is 27.1 Å². The third-order valence-corrected chi connectivity index (χ3v) is 2.62. The van der Waals surface area contributed by atoms with Gasteiger partial charge in [-0.2, -0.15) is 13.2 Å². The van der Waals surface area contributed by atoms with Crippen molar-refractivity contribution in [2.24, 2.45) is 0 Å². The first-order chi connectivity index (χ1) is 9.88. The first-order valence-electron chi connectivity index (χ1n) is 6.21. The van der Waals surface area contributed by atoms with Crippen LogP contribution in [0.1, 0.15) is 15.9 Å². The van der Waals surface area contributed by atoms with Crippen molar-refractivity contribution in [2.75, 3.05) is 33.4 Å². The van der Waals surface area contributed by atoms with E-state index in [1.165, 1.54) is 0 Å². The van der Waals surface area contributed by atoms with Crippen LogP contribution >= 0.6 is 12.4 Å². The quantitative estimate of drug-likeness (QED) is 0.589. The molecule has 4 nitrogen and oxygen atoms in total. The van der Waals surface area contributed by atoms with Crippen molar-refractivity contribution in [2.45, 2.75) is 6.18 Å². The molecule has 0 bridgehead atoms. The Morgan fingerprint density at radius 1 is 1.23 bits per heavy atom. The van der Waals surface area contributed by atoms with Gasteiger partial charge < -0.3 is 15.4 Å². The predicted molar refractivity (Wildman–Crippen MR) is 75.7 cm³/mol. The number of carbonyl (C=O) groups excluding carboxylic acids is 1. The molecule has 2 N–H and O–H groups in total. The van der Waals surface area contributed by atoms with Crippen LogP contribution in [-0.4, -0.2) is 39.3 Å². The van der Waals surface area contributed by atoms with E-state index in [2.05, 4.69) is 10.6 Å². The molecular weight excluding hydrogens is 328 g/mol.